The summed E-state index contributed by atoms with van der Waals surface area (Å²) < 4.78 is 5.91. The van der Waals surface area contributed by atoms with Crippen molar-refractivity contribution in [3.8, 4) is 5.75 Å². The number of nitrogens with zero attached hydrogens (tertiary/aromatic N) is 1. The molecule has 0 bridgehead atoms. The Balaban J connectivity index is 1.43. The van der Waals surface area contributed by atoms with Crippen molar-refractivity contribution in [2.45, 2.75) is 39.8 Å². The molecule has 1 unspecified atom stereocenters. The minimum absolute atomic E-state index is 0.0186. The summed E-state index contributed by atoms with van der Waals surface area (Å²) in [6.07, 6.45) is 3.91. The lowest BCUT2D eigenvalue weighted by Gasteiger charge is -2.22. The predicted molar refractivity (Wildman–Crippen MR) is 136 cm³/mol. The van der Waals surface area contributed by atoms with Crippen LogP contribution in [0.4, 0.5) is 0 Å². The highest BCUT2D eigenvalue weighted by molar-refractivity contribution is 5.79. The van der Waals surface area contributed by atoms with Crippen molar-refractivity contribution >= 4 is 5.91 Å². The molecule has 172 valence electrons. The lowest BCUT2D eigenvalue weighted by Crippen LogP contribution is -2.31. The van der Waals surface area contributed by atoms with Crippen molar-refractivity contribution in [3.05, 3.63) is 130 Å². The van der Waals surface area contributed by atoms with E-state index in [0.717, 1.165) is 33.6 Å². The van der Waals surface area contributed by atoms with Crippen LogP contribution in [0.1, 0.15) is 45.0 Å². The number of carbonyl (C=O) groups excluding carboxylic acids is 1. The summed E-state index contributed by atoms with van der Waals surface area (Å²) >= 11 is 0. The van der Waals surface area contributed by atoms with E-state index in [9.17, 15) is 4.79 Å². The Labute approximate surface area is 201 Å². The van der Waals surface area contributed by atoms with Gasteiger partial charge in [-0.05, 0) is 72.4 Å². The number of hydrogen-bond donors (Lipinski definition) is 1. The summed E-state index contributed by atoms with van der Waals surface area (Å²) in [6.45, 7) is 6.69. The Kier molecular flexibility index (Phi) is 7.38. The van der Waals surface area contributed by atoms with Gasteiger partial charge < -0.3 is 10.1 Å². The number of pyridine rings is 1. The molecule has 1 atom stereocenters. The van der Waals surface area contributed by atoms with Gasteiger partial charge in [-0.15, -0.1) is 0 Å². The topological polar surface area (TPSA) is 51.2 Å². The molecule has 1 aromatic heterocycles. The van der Waals surface area contributed by atoms with E-state index in [0.29, 0.717) is 13.0 Å². The number of hydrogen-bond acceptors (Lipinski definition) is 3. The second kappa shape index (κ2) is 10.8. The lowest BCUT2D eigenvalue weighted by atomic mass is 9.93. The van der Waals surface area contributed by atoms with Gasteiger partial charge in [0.15, 0.2) is 0 Å². The molecule has 0 aliphatic carbocycles. The van der Waals surface area contributed by atoms with Crippen LogP contribution in [-0.2, 0) is 17.8 Å². The van der Waals surface area contributed by atoms with Crippen molar-refractivity contribution in [1.82, 2.24) is 10.3 Å². The highest BCUT2D eigenvalue weighted by Crippen LogP contribution is 2.26. The van der Waals surface area contributed by atoms with Crippen LogP contribution in [0.3, 0.4) is 0 Å². The number of nitrogens with one attached hydrogen (secondary N) is 1. The van der Waals surface area contributed by atoms with Crippen LogP contribution in [0.5, 0.6) is 5.75 Å². The molecule has 0 radical (unpaired) electrons. The van der Waals surface area contributed by atoms with Gasteiger partial charge in [0, 0.05) is 12.4 Å². The summed E-state index contributed by atoms with van der Waals surface area (Å²) in [5, 5.41) is 3.25. The Morgan fingerprint density at radius 3 is 2.38 bits per heavy atom. The Hall–Kier alpha value is -3.92. The molecule has 0 saturated heterocycles. The predicted octanol–water partition coefficient (Wildman–Crippen LogP) is 6.03. The fraction of sp³-hybridized carbons (Fsp3) is 0.200. The molecule has 0 fully saturated rings. The van der Waals surface area contributed by atoms with Gasteiger partial charge in [0.1, 0.15) is 12.4 Å². The molecule has 4 heteroatoms. The van der Waals surface area contributed by atoms with Crippen LogP contribution in [-0.4, -0.2) is 10.9 Å². The highest BCUT2D eigenvalue weighted by atomic mass is 16.5. The van der Waals surface area contributed by atoms with Gasteiger partial charge in [0.05, 0.1) is 12.5 Å². The van der Waals surface area contributed by atoms with E-state index in [1.165, 1.54) is 11.1 Å². The third kappa shape index (κ3) is 5.90. The third-order valence-corrected chi connectivity index (χ3v) is 5.99. The molecular weight excluding hydrogens is 420 g/mol. The first-order valence-electron chi connectivity index (χ1n) is 11.5. The SMILES string of the molecule is Cc1ccc(C(NC(=O)Cc2ccc(OCc3ccncc3C)cc2)c2ccccc2)c(C)c1. The molecule has 34 heavy (non-hydrogen) atoms. The molecule has 3 aromatic carbocycles. The maximum atomic E-state index is 13.0. The number of amides is 1. The number of benzene rings is 3. The van der Waals surface area contributed by atoms with Crippen LogP contribution in [0.2, 0.25) is 0 Å². The third-order valence-electron chi connectivity index (χ3n) is 5.99. The second-order valence-electron chi connectivity index (χ2n) is 8.68. The molecule has 4 rings (SSSR count). The summed E-state index contributed by atoms with van der Waals surface area (Å²) in [7, 11) is 0. The monoisotopic (exact) mass is 450 g/mol. The molecule has 1 N–H and O–H groups in total. The summed E-state index contributed by atoms with van der Waals surface area (Å²) in [5.41, 5.74) is 7.71. The number of carbonyl (C=O) groups is 1. The van der Waals surface area contributed by atoms with Gasteiger partial charge in [-0.25, -0.2) is 0 Å². The number of rotatable bonds is 8. The molecular formula is C30H30N2O2. The van der Waals surface area contributed by atoms with Gasteiger partial charge in [0.2, 0.25) is 5.91 Å². The summed E-state index contributed by atoms with van der Waals surface area (Å²) in [4.78, 5) is 17.1. The van der Waals surface area contributed by atoms with Gasteiger partial charge in [-0.1, -0.05) is 66.2 Å². The first kappa shape index (κ1) is 23.2. The molecule has 1 amide bonds. The Bertz CT molecular complexity index is 1250. The normalized spacial score (nSPS) is 11.6. The van der Waals surface area contributed by atoms with E-state index in [4.69, 9.17) is 4.74 Å². The summed E-state index contributed by atoms with van der Waals surface area (Å²) in [5.74, 6) is 0.757. The average molecular weight is 451 g/mol. The molecule has 0 aliphatic heterocycles. The first-order valence-corrected chi connectivity index (χ1v) is 11.5. The molecule has 0 spiro atoms. The van der Waals surface area contributed by atoms with Gasteiger partial charge in [-0.3, -0.25) is 9.78 Å². The van der Waals surface area contributed by atoms with Crippen LogP contribution in [0.15, 0.2) is 91.3 Å². The fourth-order valence-corrected chi connectivity index (χ4v) is 4.06. The number of aromatic nitrogens is 1. The zero-order valence-corrected chi connectivity index (χ0v) is 19.9. The van der Waals surface area contributed by atoms with Crippen molar-refractivity contribution in [3.63, 3.8) is 0 Å². The molecule has 0 saturated carbocycles. The highest BCUT2D eigenvalue weighted by Gasteiger charge is 2.19. The van der Waals surface area contributed by atoms with E-state index in [-0.39, 0.29) is 11.9 Å². The quantitative estimate of drug-likeness (QED) is 0.356. The average Bonchev–Trinajstić information content (AvgIpc) is 2.84. The summed E-state index contributed by atoms with van der Waals surface area (Å²) in [6, 6.07) is 26.0. The van der Waals surface area contributed by atoms with Gasteiger partial charge in [0.25, 0.3) is 0 Å². The number of ether oxygens (including phenoxy) is 1. The van der Waals surface area contributed by atoms with E-state index >= 15 is 0 Å². The number of aryl methyl sites for hydroxylation is 3. The van der Waals surface area contributed by atoms with Gasteiger partial charge in [-0.2, -0.15) is 0 Å². The lowest BCUT2D eigenvalue weighted by molar-refractivity contribution is -0.120. The fourth-order valence-electron chi connectivity index (χ4n) is 4.06. The largest absolute Gasteiger partial charge is 0.489 e. The maximum Gasteiger partial charge on any atom is 0.225 e. The van der Waals surface area contributed by atoms with Crippen molar-refractivity contribution < 1.29 is 9.53 Å². The standard InChI is InChI=1S/C30H30N2O2/c1-21-9-14-28(22(2)17-21)30(25-7-5-4-6-8-25)32-29(33)18-24-10-12-27(13-11-24)34-20-26-15-16-31-19-23(26)3/h4-17,19,30H,18,20H2,1-3H3,(H,32,33). The van der Waals surface area contributed by atoms with Crippen LogP contribution in [0.25, 0.3) is 0 Å². The Morgan fingerprint density at radius 2 is 1.68 bits per heavy atom. The van der Waals surface area contributed by atoms with E-state index < -0.39 is 0 Å². The van der Waals surface area contributed by atoms with Gasteiger partial charge >= 0.3 is 0 Å². The van der Waals surface area contributed by atoms with E-state index in [1.54, 1.807) is 6.20 Å². The minimum Gasteiger partial charge on any atom is -0.489 e. The van der Waals surface area contributed by atoms with Crippen molar-refractivity contribution in [2.75, 3.05) is 0 Å². The minimum atomic E-state index is -0.194. The van der Waals surface area contributed by atoms with Crippen LogP contribution in [0, 0.1) is 20.8 Å². The first-order chi connectivity index (χ1) is 16.5. The molecule has 4 aromatic rings. The van der Waals surface area contributed by atoms with Crippen LogP contribution < -0.4 is 10.1 Å². The zero-order chi connectivity index (χ0) is 23.9. The van der Waals surface area contributed by atoms with E-state index in [2.05, 4.69) is 54.5 Å². The second-order valence-corrected chi connectivity index (χ2v) is 8.68. The van der Waals surface area contributed by atoms with E-state index in [1.807, 2.05) is 61.7 Å². The van der Waals surface area contributed by atoms with Crippen molar-refractivity contribution in [1.29, 1.82) is 0 Å². The van der Waals surface area contributed by atoms with Crippen LogP contribution >= 0.6 is 0 Å². The maximum absolute atomic E-state index is 13.0. The Morgan fingerprint density at radius 1 is 0.912 bits per heavy atom. The molecule has 0 aliphatic rings. The molecule has 4 nitrogen and oxygen atoms in total. The smallest absolute Gasteiger partial charge is 0.225 e. The molecule has 1 heterocycles. The zero-order valence-electron chi connectivity index (χ0n) is 19.9. The van der Waals surface area contributed by atoms with Crippen molar-refractivity contribution in [2.24, 2.45) is 0 Å².